The summed E-state index contributed by atoms with van der Waals surface area (Å²) in [6.45, 7) is 2.31. The monoisotopic (exact) mass is 1080 g/mol. The average Bonchev–Trinajstić information content (AvgIpc) is 3.80. The third-order valence-corrected chi connectivity index (χ3v) is 13.4. The average molecular weight is 1080 g/mol. The smallest absolute Gasteiger partial charge is 0.455 e. The van der Waals surface area contributed by atoms with Gasteiger partial charge in [-0.3, -0.25) is 14.4 Å². The van der Waals surface area contributed by atoms with Gasteiger partial charge in [-0.1, -0.05) is 140 Å². The lowest BCUT2D eigenvalue weighted by Gasteiger charge is -2.46. The number of rotatable bonds is 21. The standard InChI is InChI=1S/C61H60O18/c1-37(62)74-55-52(65)53(68-31-40-17-7-4-8-18-40)50(36-73-61(67)72-34-49-47-25-15-13-23-45(47)46-24-14-16-26-48(46)49)78-59(55)71-35-51-54(69-32-41-19-9-5-10-20-41)56(75-38(2)63)57(76-39(3)64)60(79-51)70-33-42-27-29-44(30-28-42)77-58(66)43-21-11-6-12-22-43/h4-30,49-57,59-60,65H,31-36H2,1-3H3/t50-,51-,52+,53-,54-,55-,56+,57-,59+,60+/m1/s1. The van der Waals surface area contributed by atoms with Crippen molar-refractivity contribution in [2.24, 2.45) is 0 Å². The van der Waals surface area contributed by atoms with Gasteiger partial charge in [0.05, 0.1) is 32.0 Å². The van der Waals surface area contributed by atoms with Gasteiger partial charge in [-0.25, -0.2) is 9.59 Å². The third-order valence-electron chi connectivity index (χ3n) is 13.4. The first-order chi connectivity index (χ1) is 38.4. The summed E-state index contributed by atoms with van der Waals surface area (Å²) in [5, 5.41) is 12.1. The topological polar surface area (TPSA) is 216 Å². The molecule has 0 spiro atoms. The molecule has 2 aliphatic heterocycles. The molecule has 18 nitrogen and oxygen atoms in total. The molecule has 2 saturated heterocycles. The Balaban J connectivity index is 0.953. The lowest BCUT2D eigenvalue weighted by molar-refractivity contribution is -0.341. The van der Waals surface area contributed by atoms with Gasteiger partial charge in [0.15, 0.2) is 30.9 Å². The summed E-state index contributed by atoms with van der Waals surface area (Å²) in [4.78, 5) is 64.8. The maximum atomic E-state index is 13.5. The number of ether oxygens (including phenoxy) is 12. The van der Waals surface area contributed by atoms with Crippen LogP contribution in [0.2, 0.25) is 0 Å². The van der Waals surface area contributed by atoms with E-state index in [9.17, 15) is 29.1 Å². The van der Waals surface area contributed by atoms with E-state index in [1.54, 1.807) is 54.6 Å². The molecular formula is C61H60O18. The minimum absolute atomic E-state index is 0.0175. The molecule has 1 N–H and O–H groups in total. The van der Waals surface area contributed by atoms with Crippen LogP contribution in [-0.4, -0.2) is 116 Å². The quantitative estimate of drug-likeness (QED) is 0.0408. The van der Waals surface area contributed by atoms with Crippen LogP contribution in [0, 0.1) is 0 Å². The molecule has 10 atom stereocenters. The van der Waals surface area contributed by atoms with Crippen LogP contribution in [0.15, 0.2) is 164 Å². The molecule has 3 aliphatic rings. The second kappa shape index (κ2) is 26.7. The molecule has 6 aromatic carbocycles. The van der Waals surface area contributed by atoms with Gasteiger partial charge in [0.2, 0.25) is 0 Å². The highest BCUT2D eigenvalue weighted by molar-refractivity contribution is 5.91. The van der Waals surface area contributed by atoms with Crippen LogP contribution in [-0.2, 0) is 86.3 Å². The molecule has 2 fully saturated rings. The van der Waals surface area contributed by atoms with E-state index in [4.69, 9.17) is 56.8 Å². The van der Waals surface area contributed by atoms with Gasteiger partial charge in [-0.05, 0) is 63.2 Å². The Kier molecular flexibility index (Phi) is 18.9. The molecule has 2 heterocycles. The maximum Gasteiger partial charge on any atom is 0.508 e. The van der Waals surface area contributed by atoms with Crippen molar-refractivity contribution in [2.45, 2.75) is 108 Å². The first kappa shape index (κ1) is 55.9. The molecule has 412 valence electrons. The van der Waals surface area contributed by atoms with Crippen molar-refractivity contribution in [1.29, 1.82) is 0 Å². The normalized spacial score (nSPS) is 23.3. The number of aliphatic hydroxyl groups is 1. The van der Waals surface area contributed by atoms with Crippen molar-refractivity contribution in [1.82, 2.24) is 0 Å². The lowest BCUT2D eigenvalue weighted by atomic mass is 9.97. The second-order valence-corrected chi connectivity index (χ2v) is 19.0. The molecule has 9 rings (SSSR count). The van der Waals surface area contributed by atoms with Gasteiger partial charge >= 0.3 is 30.0 Å². The highest BCUT2D eigenvalue weighted by Gasteiger charge is 2.54. The third kappa shape index (κ3) is 14.5. The fraction of sp³-hybridized carbons (Fsp3) is 0.328. The molecule has 6 aromatic rings. The number of carbonyl (C=O) groups is 5. The molecule has 0 aromatic heterocycles. The fourth-order valence-corrected chi connectivity index (χ4v) is 9.75. The van der Waals surface area contributed by atoms with Crippen LogP contribution in [0.5, 0.6) is 5.75 Å². The maximum absolute atomic E-state index is 13.5. The van der Waals surface area contributed by atoms with Gasteiger partial charge in [0, 0.05) is 26.7 Å². The molecule has 18 heteroatoms. The zero-order valence-corrected chi connectivity index (χ0v) is 43.6. The Hall–Kier alpha value is -7.81. The van der Waals surface area contributed by atoms with Crippen molar-refractivity contribution >= 4 is 30.0 Å². The summed E-state index contributed by atoms with van der Waals surface area (Å²) in [6, 6.07) is 49.1. The van der Waals surface area contributed by atoms with Crippen LogP contribution >= 0.6 is 0 Å². The van der Waals surface area contributed by atoms with Crippen molar-refractivity contribution in [2.75, 3.05) is 19.8 Å². The number of aliphatic hydroxyl groups excluding tert-OH is 1. The molecule has 0 radical (unpaired) electrons. The fourth-order valence-electron chi connectivity index (χ4n) is 9.75. The van der Waals surface area contributed by atoms with Crippen LogP contribution in [0.25, 0.3) is 11.1 Å². The van der Waals surface area contributed by atoms with Crippen LogP contribution in [0.3, 0.4) is 0 Å². The lowest BCUT2D eigenvalue weighted by Crippen LogP contribution is -2.64. The predicted molar refractivity (Wildman–Crippen MR) is 280 cm³/mol. The number of hydrogen-bond acceptors (Lipinski definition) is 18. The van der Waals surface area contributed by atoms with E-state index in [0.717, 1.165) is 40.3 Å². The molecule has 0 unspecified atom stereocenters. The van der Waals surface area contributed by atoms with E-state index in [2.05, 4.69) is 0 Å². The Morgan fingerprint density at radius 2 is 0.899 bits per heavy atom. The molecule has 0 saturated carbocycles. The van der Waals surface area contributed by atoms with E-state index < -0.39 is 105 Å². The van der Waals surface area contributed by atoms with Crippen LogP contribution in [0.1, 0.15) is 64.9 Å². The van der Waals surface area contributed by atoms with Crippen molar-refractivity contribution in [3.05, 3.63) is 197 Å². The zero-order chi connectivity index (χ0) is 55.3. The van der Waals surface area contributed by atoms with Gasteiger partial charge in [-0.2, -0.15) is 0 Å². The van der Waals surface area contributed by atoms with E-state index in [-0.39, 0.29) is 38.1 Å². The summed E-state index contributed by atoms with van der Waals surface area (Å²) in [5.74, 6) is -2.80. The van der Waals surface area contributed by atoms with Crippen LogP contribution in [0.4, 0.5) is 4.79 Å². The highest BCUT2D eigenvalue weighted by Crippen LogP contribution is 2.44. The SMILES string of the molecule is CC(=O)O[C@@H]1[C@@H](OC(C)=O)[C@@H](OCc2ccc(OC(=O)c3ccccc3)cc2)O[C@H](CO[C@H]2O[C@H](COC(=O)OCC3c4ccccc4-c4ccccc43)[C@@H](OCc3ccccc3)[C@H](O)[C@H]2OC(C)=O)[C@H]1OCc1ccccc1. The first-order valence-electron chi connectivity index (χ1n) is 25.8. The predicted octanol–water partition coefficient (Wildman–Crippen LogP) is 8.18. The van der Waals surface area contributed by atoms with Gasteiger partial charge in [-0.15, -0.1) is 0 Å². The number of benzene rings is 6. The highest BCUT2D eigenvalue weighted by atomic mass is 16.8. The van der Waals surface area contributed by atoms with E-state index in [0.29, 0.717) is 11.1 Å². The van der Waals surface area contributed by atoms with E-state index in [1.807, 2.05) is 109 Å². The van der Waals surface area contributed by atoms with Gasteiger partial charge in [0.25, 0.3) is 0 Å². The molecule has 0 amide bonds. The molecule has 79 heavy (non-hydrogen) atoms. The van der Waals surface area contributed by atoms with Gasteiger partial charge < -0.3 is 61.9 Å². The Morgan fingerprint density at radius 1 is 0.443 bits per heavy atom. The number of esters is 4. The number of carbonyl (C=O) groups excluding carboxylic acids is 5. The summed E-state index contributed by atoms with van der Waals surface area (Å²) in [6.07, 6.45) is -14.9. The van der Waals surface area contributed by atoms with E-state index in [1.165, 1.54) is 13.8 Å². The Bertz CT molecular complexity index is 2950. The minimum Gasteiger partial charge on any atom is -0.455 e. The summed E-state index contributed by atoms with van der Waals surface area (Å²) in [5.41, 5.74) is 6.55. The largest absolute Gasteiger partial charge is 0.508 e. The minimum atomic E-state index is -1.63. The zero-order valence-electron chi connectivity index (χ0n) is 43.6. The van der Waals surface area contributed by atoms with E-state index >= 15 is 0 Å². The van der Waals surface area contributed by atoms with Crippen molar-refractivity contribution in [3.63, 3.8) is 0 Å². The molecular weight excluding hydrogens is 1020 g/mol. The summed E-state index contributed by atoms with van der Waals surface area (Å²) >= 11 is 0. The number of hydrogen-bond donors (Lipinski definition) is 1. The second-order valence-electron chi connectivity index (χ2n) is 19.0. The molecule has 0 bridgehead atoms. The van der Waals surface area contributed by atoms with Gasteiger partial charge in [0.1, 0.15) is 49.5 Å². The van der Waals surface area contributed by atoms with Crippen molar-refractivity contribution < 1.29 is 85.9 Å². The first-order valence-corrected chi connectivity index (χ1v) is 25.8. The van der Waals surface area contributed by atoms with Crippen LogP contribution < -0.4 is 4.74 Å². The Labute approximate surface area is 456 Å². The Morgan fingerprint density at radius 3 is 1.48 bits per heavy atom. The summed E-state index contributed by atoms with van der Waals surface area (Å²) < 4.78 is 72.9. The van der Waals surface area contributed by atoms with Crippen molar-refractivity contribution in [3.8, 4) is 16.9 Å². The number of fused-ring (bicyclic) bond motifs is 3. The summed E-state index contributed by atoms with van der Waals surface area (Å²) in [7, 11) is 0. The molecule has 1 aliphatic carbocycles.